The minimum atomic E-state index is -0.205. The smallest absolute Gasteiger partial charge is 0.0809 e. The summed E-state index contributed by atoms with van der Waals surface area (Å²) in [5.74, 6) is 0. The Hall–Kier alpha value is 0.220. The Labute approximate surface area is 627 Å². The second-order valence-corrected chi connectivity index (χ2v) is 27.6. The highest BCUT2D eigenvalue weighted by Crippen LogP contribution is 2.55. The van der Waals surface area contributed by atoms with Crippen LogP contribution in [0.1, 0.15) is 22.3 Å². The van der Waals surface area contributed by atoms with Crippen LogP contribution in [0.3, 0.4) is 0 Å². The standard InChI is InChI=1S/C58H12Cl28/c59-31-21(32(60)36(64)25(35(31)63)23(27-39(67)47(75)55(83)48(76)40(27)68)28-41(69)49(77)56(84)50(78)42(28)70)15-13-19-9-5-17(6-10-19)3-1-2-4-18-7-11-20(12-8-18)14-16-22-33(61)37(65)26(38(66)34(22)62)24(29-43(71)51(79)57(85)52(80)44(29)72)30-45(73)53(81)58(86)54(82)46(30)74/h5-16H. The Morgan fingerprint density at radius 2 is 0.395 bits per heavy atom. The zero-order valence-electron chi connectivity index (χ0n) is 40.5. The van der Waals surface area contributed by atoms with Crippen molar-refractivity contribution >= 4 is 372 Å². The van der Waals surface area contributed by atoms with Gasteiger partial charge in [-0.25, -0.2) is 0 Å². The lowest BCUT2D eigenvalue weighted by Gasteiger charge is -2.21. The predicted molar refractivity (Wildman–Crippen MR) is 384 cm³/mol. The van der Waals surface area contributed by atoms with Gasteiger partial charge in [-0.05, 0) is 46.2 Å². The summed E-state index contributed by atoms with van der Waals surface area (Å²) in [4.78, 5) is 0. The molecule has 8 aromatic carbocycles. The van der Waals surface area contributed by atoms with Crippen LogP contribution in [-0.2, 0) is 0 Å². The number of benzene rings is 8. The molecule has 0 bridgehead atoms. The molecule has 440 valence electrons. The summed E-state index contributed by atoms with van der Waals surface area (Å²) in [7, 11) is 0. The van der Waals surface area contributed by atoms with E-state index in [9.17, 15) is 0 Å². The van der Waals surface area contributed by atoms with Crippen LogP contribution >= 0.6 is 325 Å². The predicted octanol–water partition coefficient (Wildman–Crippen LogP) is 25.3. The van der Waals surface area contributed by atoms with Gasteiger partial charge in [-0.15, -0.1) is 0 Å². The van der Waals surface area contributed by atoms with Gasteiger partial charge in [0.15, 0.2) is 0 Å². The summed E-state index contributed by atoms with van der Waals surface area (Å²) in [6.07, 6.45) is 6.63. The lowest BCUT2D eigenvalue weighted by molar-refractivity contribution is 1.46. The highest BCUT2D eigenvalue weighted by Gasteiger charge is 2.33. The average Bonchev–Trinajstić information content (AvgIpc) is 0.754. The van der Waals surface area contributed by atoms with Crippen LogP contribution in [0.4, 0.5) is 0 Å². The molecule has 0 radical (unpaired) electrons. The van der Waals surface area contributed by atoms with Crippen molar-refractivity contribution < 1.29 is 0 Å². The van der Waals surface area contributed by atoms with Crippen molar-refractivity contribution in [1.82, 2.24) is 0 Å². The number of hydrogen-bond acceptors (Lipinski definition) is 0. The molecule has 0 saturated carbocycles. The SMILES string of the molecule is Clc1c(Cl)c(Cl)c(C(c2c(Cl)c(Cl)c(Cl)c(Cl)c2Cl)=c2c(Cl)c(Cl)c(=CC=c3ccc(=C=C=C=C=c4ccc(=CC=c5c(Cl)c(Cl)c(=C(c6c(Cl)c(Cl)c(Cl)c(Cl)c6Cl)c6c(Cl)c(Cl)c(Cl)c(Cl)c6Cl)c(Cl)c5Cl)cc4)cc3)c(Cl)c2Cl)c(Cl)c1Cl. The first-order valence-electron chi connectivity index (χ1n) is 22.5. The molecule has 0 nitrogen and oxygen atoms in total. The van der Waals surface area contributed by atoms with Crippen molar-refractivity contribution in [3.63, 3.8) is 0 Å². The largest absolute Gasteiger partial charge is 0.0820 e. The molecular weight excluding hydrogens is 1690 g/mol. The Morgan fingerprint density at radius 3 is 0.593 bits per heavy atom. The van der Waals surface area contributed by atoms with Crippen LogP contribution in [0.5, 0.6) is 0 Å². The molecule has 0 aromatic heterocycles. The van der Waals surface area contributed by atoms with Crippen molar-refractivity contribution in [2.45, 2.75) is 0 Å². The molecule has 86 heavy (non-hydrogen) atoms. The maximum Gasteiger partial charge on any atom is 0.0809 e. The highest BCUT2D eigenvalue weighted by atomic mass is 35.5. The summed E-state index contributed by atoms with van der Waals surface area (Å²) < 4.78 is 0. The van der Waals surface area contributed by atoms with Gasteiger partial charge in [-0.1, -0.05) is 385 Å². The Balaban J connectivity index is 1.19. The van der Waals surface area contributed by atoms with Crippen LogP contribution in [-0.4, -0.2) is 0 Å². The van der Waals surface area contributed by atoms with Crippen LogP contribution < -0.4 is 41.7 Å². The molecule has 0 atom stereocenters. The molecule has 0 saturated heterocycles. The normalized spacial score (nSPS) is 11.1. The molecule has 0 heterocycles. The lowest BCUT2D eigenvalue weighted by Crippen LogP contribution is -2.21. The van der Waals surface area contributed by atoms with Gasteiger partial charge in [-0.3, -0.25) is 0 Å². The fraction of sp³-hybridized carbons (Fsp3) is 0. The van der Waals surface area contributed by atoms with E-state index in [0.29, 0.717) is 20.9 Å². The third-order valence-corrected chi connectivity index (χ3v) is 24.7. The molecule has 8 aromatic rings. The van der Waals surface area contributed by atoms with Gasteiger partial charge in [0.1, 0.15) is 0 Å². The molecular formula is C58H12Cl28. The minimum Gasteiger partial charge on any atom is -0.0820 e. The van der Waals surface area contributed by atoms with Crippen molar-refractivity contribution in [3.8, 4) is 0 Å². The Bertz CT molecular complexity index is 4330. The van der Waals surface area contributed by atoms with Gasteiger partial charge in [0.25, 0.3) is 0 Å². The van der Waals surface area contributed by atoms with E-state index in [0.717, 1.165) is 0 Å². The van der Waals surface area contributed by atoms with E-state index in [-0.39, 0.29) is 195 Å². The monoisotopic (exact) mass is 1690 g/mol. The number of rotatable bonds is 6. The summed E-state index contributed by atoms with van der Waals surface area (Å²) in [6.45, 7) is 0. The van der Waals surface area contributed by atoms with Gasteiger partial charge in [-0.2, -0.15) is 0 Å². The first-order chi connectivity index (χ1) is 40.4. The van der Waals surface area contributed by atoms with E-state index in [1.165, 1.54) is 0 Å². The molecule has 0 aliphatic heterocycles. The van der Waals surface area contributed by atoms with Crippen LogP contribution in [0.25, 0.3) is 46.9 Å². The van der Waals surface area contributed by atoms with Crippen molar-refractivity contribution in [3.05, 3.63) is 265 Å². The van der Waals surface area contributed by atoms with Gasteiger partial charge in [0, 0.05) is 64.7 Å². The topological polar surface area (TPSA) is 0 Å². The first-order valence-corrected chi connectivity index (χ1v) is 33.1. The number of hydrogen-bond donors (Lipinski definition) is 0. The fourth-order valence-electron chi connectivity index (χ4n) is 8.00. The lowest BCUT2D eigenvalue weighted by atomic mass is 9.94. The van der Waals surface area contributed by atoms with Gasteiger partial charge < -0.3 is 0 Å². The van der Waals surface area contributed by atoms with Crippen LogP contribution in [0, 0.1) is 0 Å². The van der Waals surface area contributed by atoms with E-state index in [4.69, 9.17) is 325 Å². The second kappa shape index (κ2) is 29.9. The van der Waals surface area contributed by atoms with Gasteiger partial charge >= 0.3 is 0 Å². The molecule has 0 N–H and O–H groups in total. The third kappa shape index (κ3) is 13.8. The zero-order valence-corrected chi connectivity index (χ0v) is 61.7. The molecule has 0 amide bonds. The molecule has 0 spiro atoms. The zero-order chi connectivity index (χ0) is 63.6. The van der Waals surface area contributed by atoms with Gasteiger partial charge in [0.05, 0.1) is 141 Å². The van der Waals surface area contributed by atoms with E-state index >= 15 is 0 Å². The summed E-state index contributed by atoms with van der Waals surface area (Å²) in [6, 6.07) is 14.3. The third-order valence-electron chi connectivity index (χ3n) is 12.1. The van der Waals surface area contributed by atoms with Gasteiger partial charge in [0.2, 0.25) is 0 Å². The molecule has 0 aliphatic rings. The fourth-order valence-corrected chi connectivity index (χ4v) is 15.7. The summed E-state index contributed by atoms with van der Waals surface area (Å²) in [5.41, 5.74) is 11.3. The van der Waals surface area contributed by atoms with Crippen LogP contribution in [0.2, 0.25) is 141 Å². The van der Waals surface area contributed by atoms with Crippen molar-refractivity contribution in [2.24, 2.45) is 0 Å². The summed E-state index contributed by atoms with van der Waals surface area (Å²) >= 11 is 188. The number of halogens is 28. The summed E-state index contributed by atoms with van der Waals surface area (Å²) in [5, 5.41) is -1.60. The minimum absolute atomic E-state index is 0.0616. The van der Waals surface area contributed by atoms with E-state index in [1.807, 2.05) is 0 Å². The molecule has 0 unspecified atom stereocenters. The highest BCUT2D eigenvalue weighted by molar-refractivity contribution is 6.61. The second-order valence-electron chi connectivity index (χ2n) is 17.0. The average molecular weight is 1700 g/mol. The molecule has 0 fully saturated rings. The van der Waals surface area contributed by atoms with E-state index in [2.05, 4.69) is 22.9 Å². The molecule has 8 rings (SSSR count). The van der Waals surface area contributed by atoms with Crippen molar-refractivity contribution in [1.29, 1.82) is 0 Å². The van der Waals surface area contributed by atoms with Crippen LogP contribution in [0.15, 0.2) is 60.0 Å². The maximum absolute atomic E-state index is 7.08. The maximum atomic E-state index is 7.08. The van der Waals surface area contributed by atoms with E-state index in [1.54, 1.807) is 72.8 Å². The molecule has 28 heteroatoms. The Morgan fingerprint density at radius 1 is 0.209 bits per heavy atom. The quantitative estimate of drug-likeness (QED) is 0.0884. The van der Waals surface area contributed by atoms with Crippen molar-refractivity contribution in [2.75, 3.05) is 0 Å². The first kappa shape index (κ1) is 72.1. The Kier molecular flexibility index (Phi) is 25.0. The molecule has 0 aliphatic carbocycles. The van der Waals surface area contributed by atoms with E-state index < -0.39 is 0 Å².